The molecule has 0 aliphatic heterocycles. The highest BCUT2D eigenvalue weighted by atomic mass is 35.5. The number of esters is 1. The van der Waals surface area contributed by atoms with E-state index in [9.17, 15) is 9.59 Å². The molecule has 0 aliphatic rings. The molecule has 1 aromatic heterocycles. The van der Waals surface area contributed by atoms with Crippen LogP contribution in [0.2, 0.25) is 5.02 Å². The summed E-state index contributed by atoms with van der Waals surface area (Å²) in [5.74, 6) is 0.0171. The largest absolute Gasteiger partial charge is 0.462 e. The topological polar surface area (TPSA) is 68.5 Å². The zero-order valence-corrected chi connectivity index (χ0v) is 16.2. The summed E-state index contributed by atoms with van der Waals surface area (Å²) in [6.07, 6.45) is 1.80. The molecule has 0 radical (unpaired) electrons. The Kier molecular flexibility index (Phi) is 6.50. The Morgan fingerprint density at radius 2 is 1.71 bits per heavy atom. The average molecular weight is 398 g/mol. The fourth-order valence-electron chi connectivity index (χ4n) is 2.50. The highest BCUT2D eigenvalue weighted by molar-refractivity contribution is 6.30. The van der Waals surface area contributed by atoms with E-state index in [-0.39, 0.29) is 17.6 Å². The smallest absolute Gasteiger partial charge is 0.338 e. The van der Waals surface area contributed by atoms with Crippen LogP contribution in [0.4, 0.5) is 5.69 Å². The number of furan rings is 1. The van der Waals surface area contributed by atoms with Crippen molar-refractivity contribution < 1.29 is 18.7 Å². The third-order valence-corrected chi connectivity index (χ3v) is 4.32. The summed E-state index contributed by atoms with van der Waals surface area (Å²) in [6, 6.07) is 17.0. The highest BCUT2D eigenvalue weighted by Gasteiger charge is 2.13. The Balaban J connectivity index is 1.62. The van der Waals surface area contributed by atoms with E-state index in [1.54, 1.807) is 48.5 Å². The van der Waals surface area contributed by atoms with Crippen molar-refractivity contribution in [3.05, 3.63) is 77.0 Å². The molecule has 0 fully saturated rings. The summed E-state index contributed by atoms with van der Waals surface area (Å²) in [6.45, 7) is 2.44. The summed E-state index contributed by atoms with van der Waals surface area (Å²) >= 11 is 5.88. The Morgan fingerprint density at radius 3 is 2.39 bits per heavy atom. The van der Waals surface area contributed by atoms with Crippen molar-refractivity contribution in [3.8, 4) is 11.3 Å². The van der Waals surface area contributed by atoms with Gasteiger partial charge in [-0.3, -0.25) is 4.79 Å². The van der Waals surface area contributed by atoms with Crippen molar-refractivity contribution in [2.24, 2.45) is 0 Å². The van der Waals surface area contributed by atoms with E-state index in [0.717, 1.165) is 18.4 Å². The summed E-state index contributed by atoms with van der Waals surface area (Å²) in [5, 5.41) is 3.38. The van der Waals surface area contributed by atoms with Crippen molar-refractivity contribution in [2.75, 3.05) is 11.9 Å². The van der Waals surface area contributed by atoms with Crippen LogP contribution in [0.3, 0.4) is 0 Å². The lowest BCUT2D eigenvalue weighted by Crippen LogP contribution is -2.11. The van der Waals surface area contributed by atoms with Gasteiger partial charge in [0.15, 0.2) is 5.76 Å². The molecule has 28 heavy (non-hydrogen) atoms. The summed E-state index contributed by atoms with van der Waals surface area (Å²) in [7, 11) is 0. The van der Waals surface area contributed by atoms with Gasteiger partial charge in [-0.05, 0) is 67.1 Å². The van der Waals surface area contributed by atoms with Crippen LogP contribution in [0.1, 0.15) is 40.7 Å². The van der Waals surface area contributed by atoms with Gasteiger partial charge in [0.2, 0.25) is 0 Å². The first-order valence-electron chi connectivity index (χ1n) is 9.01. The van der Waals surface area contributed by atoms with Crippen molar-refractivity contribution in [1.82, 2.24) is 0 Å². The van der Waals surface area contributed by atoms with Gasteiger partial charge in [-0.25, -0.2) is 4.79 Å². The molecule has 2 aromatic carbocycles. The molecule has 6 heteroatoms. The molecule has 3 aromatic rings. The summed E-state index contributed by atoms with van der Waals surface area (Å²) in [5.41, 5.74) is 1.83. The van der Waals surface area contributed by atoms with Crippen LogP contribution in [-0.4, -0.2) is 18.5 Å². The number of amides is 1. The molecule has 144 valence electrons. The number of hydrogen-bond donors (Lipinski definition) is 1. The lowest BCUT2D eigenvalue weighted by Gasteiger charge is -2.06. The Bertz CT molecular complexity index is 945. The van der Waals surface area contributed by atoms with E-state index in [1.165, 1.54) is 0 Å². The molecule has 0 atom stereocenters. The lowest BCUT2D eigenvalue weighted by molar-refractivity contribution is 0.0499. The van der Waals surface area contributed by atoms with Gasteiger partial charge in [0.1, 0.15) is 5.76 Å². The first-order valence-corrected chi connectivity index (χ1v) is 9.39. The maximum absolute atomic E-state index is 12.4. The number of unbranched alkanes of at least 4 members (excludes halogenated alkanes) is 1. The van der Waals surface area contributed by atoms with Gasteiger partial charge >= 0.3 is 5.97 Å². The van der Waals surface area contributed by atoms with Gasteiger partial charge in [-0.1, -0.05) is 24.9 Å². The third kappa shape index (κ3) is 5.02. The van der Waals surface area contributed by atoms with Gasteiger partial charge < -0.3 is 14.5 Å². The number of nitrogens with one attached hydrogen (secondary N) is 1. The maximum atomic E-state index is 12.4. The number of carbonyl (C=O) groups excluding carboxylic acids is 2. The molecule has 1 N–H and O–H groups in total. The van der Waals surface area contributed by atoms with Crippen LogP contribution >= 0.6 is 11.6 Å². The van der Waals surface area contributed by atoms with E-state index in [1.807, 2.05) is 19.1 Å². The minimum absolute atomic E-state index is 0.188. The van der Waals surface area contributed by atoms with Crippen molar-refractivity contribution in [2.45, 2.75) is 19.8 Å². The number of ether oxygens (including phenoxy) is 1. The van der Waals surface area contributed by atoms with E-state index >= 15 is 0 Å². The fourth-order valence-corrected chi connectivity index (χ4v) is 2.63. The second-order valence-corrected chi connectivity index (χ2v) is 6.63. The van der Waals surface area contributed by atoms with Gasteiger partial charge in [-0.2, -0.15) is 0 Å². The minimum Gasteiger partial charge on any atom is -0.462 e. The van der Waals surface area contributed by atoms with E-state index < -0.39 is 0 Å². The van der Waals surface area contributed by atoms with Crippen molar-refractivity contribution >= 4 is 29.2 Å². The van der Waals surface area contributed by atoms with Gasteiger partial charge in [0, 0.05) is 16.3 Å². The SMILES string of the molecule is CCCCOC(=O)c1ccc(NC(=O)c2ccc(-c3ccc(Cl)cc3)o2)cc1. The quantitative estimate of drug-likeness (QED) is 0.403. The third-order valence-electron chi connectivity index (χ3n) is 4.07. The van der Waals surface area contributed by atoms with Crippen molar-refractivity contribution in [1.29, 1.82) is 0 Å². The molecule has 1 amide bonds. The van der Waals surface area contributed by atoms with Crippen LogP contribution in [-0.2, 0) is 4.74 Å². The molecule has 0 spiro atoms. The Morgan fingerprint density at radius 1 is 1.00 bits per heavy atom. The first kappa shape index (κ1) is 19.7. The molecular weight excluding hydrogens is 378 g/mol. The predicted octanol–water partition coefficient (Wildman–Crippen LogP) is 5.81. The molecular formula is C22H20ClNO4. The van der Waals surface area contributed by atoms with Crippen LogP contribution in [0.15, 0.2) is 65.1 Å². The number of benzene rings is 2. The Labute approximate surface area is 168 Å². The second-order valence-electron chi connectivity index (χ2n) is 6.19. The molecule has 0 aliphatic carbocycles. The van der Waals surface area contributed by atoms with Crippen LogP contribution < -0.4 is 5.32 Å². The first-order chi connectivity index (χ1) is 13.6. The lowest BCUT2D eigenvalue weighted by atomic mass is 10.2. The van der Waals surface area contributed by atoms with E-state index in [4.69, 9.17) is 20.8 Å². The van der Waals surface area contributed by atoms with Gasteiger partial charge in [0.25, 0.3) is 5.91 Å². The molecule has 1 heterocycles. The fraction of sp³-hybridized carbons (Fsp3) is 0.182. The number of anilines is 1. The zero-order chi connectivity index (χ0) is 19.9. The summed E-state index contributed by atoms with van der Waals surface area (Å²) in [4.78, 5) is 24.3. The molecule has 0 unspecified atom stereocenters. The normalized spacial score (nSPS) is 10.5. The molecule has 3 rings (SSSR count). The minimum atomic E-state index is -0.376. The maximum Gasteiger partial charge on any atom is 0.338 e. The van der Waals surface area contributed by atoms with Gasteiger partial charge in [0.05, 0.1) is 12.2 Å². The van der Waals surface area contributed by atoms with Crippen LogP contribution in [0, 0.1) is 0 Å². The number of halogens is 1. The molecule has 5 nitrogen and oxygen atoms in total. The van der Waals surface area contributed by atoms with Crippen LogP contribution in [0.25, 0.3) is 11.3 Å². The predicted molar refractivity (Wildman–Crippen MR) is 109 cm³/mol. The monoisotopic (exact) mass is 397 g/mol. The molecule has 0 bridgehead atoms. The van der Waals surface area contributed by atoms with E-state index in [2.05, 4.69) is 5.32 Å². The number of hydrogen-bond acceptors (Lipinski definition) is 4. The zero-order valence-electron chi connectivity index (χ0n) is 15.4. The number of rotatable bonds is 7. The molecule has 0 saturated carbocycles. The second kappa shape index (κ2) is 9.24. The highest BCUT2D eigenvalue weighted by Crippen LogP contribution is 2.24. The number of carbonyl (C=O) groups is 2. The Hall–Kier alpha value is -3.05. The van der Waals surface area contributed by atoms with Crippen molar-refractivity contribution in [3.63, 3.8) is 0 Å². The van der Waals surface area contributed by atoms with E-state index in [0.29, 0.717) is 28.6 Å². The standard InChI is InChI=1S/C22H20ClNO4/c1-2-3-14-27-22(26)16-6-10-18(11-7-16)24-21(25)20-13-12-19(28-20)15-4-8-17(23)9-5-15/h4-13H,2-3,14H2,1H3,(H,24,25). The van der Waals surface area contributed by atoms with Crippen LogP contribution in [0.5, 0.6) is 0 Å². The summed E-state index contributed by atoms with van der Waals surface area (Å²) < 4.78 is 10.8. The molecule has 0 saturated heterocycles. The van der Waals surface area contributed by atoms with Gasteiger partial charge in [-0.15, -0.1) is 0 Å². The average Bonchev–Trinajstić information content (AvgIpc) is 3.19.